The third kappa shape index (κ3) is 2.78. The summed E-state index contributed by atoms with van der Waals surface area (Å²) in [7, 11) is 0. The number of carbonyl (C=O) groups is 1. The molecule has 4 nitrogen and oxygen atoms in total. The van der Waals surface area contributed by atoms with Crippen molar-refractivity contribution in [1.82, 2.24) is 4.98 Å². The highest BCUT2D eigenvalue weighted by Gasteiger charge is 2.13. The number of halogens is 1. The molecule has 0 aliphatic heterocycles. The van der Waals surface area contributed by atoms with E-state index in [0.29, 0.717) is 16.5 Å². The molecule has 0 amide bonds. The summed E-state index contributed by atoms with van der Waals surface area (Å²) in [4.78, 5) is 15.1. The maximum Gasteiger partial charge on any atom is 0.341 e. The molecular weight excluding hydrogens is 254 g/mol. The molecule has 0 saturated carbocycles. The van der Waals surface area contributed by atoms with E-state index in [-0.39, 0.29) is 11.4 Å². The van der Waals surface area contributed by atoms with Gasteiger partial charge in [-0.25, -0.2) is 9.78 Å². The zero-order chi connectivity index (χ0) is 13.1. The Labute approximate surface area is 109 Å². The van der Waals surface area contributed by atoms with Crippen LogP contribution in [0.3, 0.4) is 0 Å². The van der Waals surface area contributed by atoms with Crippen LogP contribution >= 0.6 is 11.6 Å². The summed E-state index contributed by atoms with van der Waals surface area (Å²) in [5, 5.41) is 9.55. The first kappa shape index (κ1) is 12.4. The number of rotatable bonds is 3. The molecular formula is C13H10ClNO3. The number of pyridine rings is 1. The van der Waals surface area contributed by atoms with Crippen molar-refractivity contribution in [3.05, 3.63) is 52.7 Å². The first-order valence-corrected chi connectivity index (χ1v) is 5.58. The van der Waals surface area contributed by atoms with Gasteiger partial charge in [-0.15, -0.1) is 0 Å². The number of nitrogens with zero attached hydrogens (tertiary/aromatic N) is 1. The third-order valence-electron chi connectivity index (χ3n) is 2.24. The van der Waals surface area contributed by atoms with Crippen molar-refractivity contribution in [3.63, 3.8) is 0 Å². The fourth-order valence-corrected chi connectivity index (χ4v) is 1.60. The highest BCUT2D eigenvalue weighted by atomic mass is 35.5. The Morgan fingerprint density at radius 2 is 2.11 bits per heavy atom. The first-order valence-electron chi connectivity index (χ1n) is 5.20. The molecule has 1 aromatic heterocycles. The molecule has 0 bridgehead atoms. The highest BCUT2D eigenvalue weighted by Crippen LogP contribution is 2.25. The van der Waals surface area contributed by atoms with Crippen molar-refractivity contribution in [2.24, 2.45) is 0 Å². The zero-order valence-electron chi connectivity index (χ0n) is 9.55. The summed E-state index contributed by atoms with van der Waals surface area (Å²) in [5.41, 5.74) is 0.692. The quantitative estimate of drug-likeness (QED) is 0.920. The SMILES string of the molecule is Cc1ccc(C(=O)O)c(Oc2cccc(Cl)c2)n1. The number of hydrogen-bond acceptors (Lipinski definition) is 3. The average molecular weight is 264 g/mol. The Hall–Kier alpha value is -2.07. The van der Waals surface area contributed by atoms with Gasteiger partial charge < -0.3 is 9.84 Å². The highest BCUT2D eigenvalue weighted by molar-refractivity contribution is 6.30. The molecule has 2 rings (SSSR count). The van der Waals surface area contributed by atoms with E-state index in [0.717, 1.165) is 0 Å². The topological polar surface area (TPSA) is 59.4 Å². The van der Waals surface area contributed by atoms with Crippen LogP contribution in [0.25, 0.3) is 0 Å². The molecule has 0 unspecified atom stereocenters. The van der Waals surface area contributed by atoms with Crippen LogP contribution in [0.15, 0.2) is 36.4 Å². The Kier molecular flexibility index (Phi) is 3.48. The molecule has 18 heavy (non-hydrogen) atoms. The molecule has 0 fully saturated rings. The molecule has 0 atom stereocenters. The first-order chi connectivity index (χ1) is 8.56. The molecule has 1 aromatic carbocycles. The van der Waals surface area contributed by atoms with Gasteiger partial charge in [-0.2, -0.15) is 0 Å². The van der Waals surface area contributed by atoms with E-state index in [1.807, 2.05) is 0 Å². The van der Waals surface area contributed by atoms with E-state index < -0.39 is 5.97 Å². The minimum Gasteiger partial charge on any atom is -0.477 e. The van der Waals surface area contributed by atoms with E-state index >= 15 is 0 Å². The Balaban J connectivity index is 2.39. The fourth-order valence-electron chi connectivity index (χ4n) is 1.42. The molecule has 1 heterocycles. The van der Waals surface area contributed by atoms with Crippen LogP contribution in [0, 0.1) is 6.92 Å². The van der Waals surface area contributed by atoms with Gasteiger partial charge in [0.1, 0.15) is 11.3 Å². The lowest BCUT2D eigenvalue weighted by Gasteiger charge is -2.08. The number of aryl methyl sites for hydroxylation is 1. The summed E-state index contributed by atoms with van der Waals surface area (Å²) in [6.07, 6.45) is 0. The summed E-state index contributed by atoms with van der Waals surface area (Å²) < 4.78 is 5.46. The van der Waals surface area contributed by atoms with Crippen LogP contribution in [-0.2, 0) is 0 Å². The molecule has 0 aliphatic rings. The predicted octanol–water partition coefficient (Wildman–Crippen LogP) is 3.53. The van der Waals surface area contributed by atoms with Gasteiger partial charge in [-0.3, -0.25) is 0 Å². The molecule has 0 aliphatic carbocycles. The molecule has 2 aromatic rings. The van der Waals surface area contributed by atoms with Gasteiger partial charge in [0.2, 0.25) is 5.88 Å². The number of aromatic carboxylic acids is 1. The van der Waals surface area contributed by atoms with Crippen molar-refractivity contribution >= 4 is 17.6 Å². The standard InChI is InChI=1S/C13H10ClNO3/c1-8-5-6-11(13(16)17)12(15-8)18-10-4-2-3-9(14)7-10/h2-7H,1H3,(H,16,17). The van der Waals surface area contributed by atoms with Gasteiger partial charge in [-0.05, 0) is 37.3 Å². The van der Waals surface area contributed by atoms with Crippen LogP contribution < -0.4 is 4.74 Å². The van der Waals surface area contributed by atoms with Gasteiger partial charge in [-0.1, -0.05) is 17.7 Å². The monoisotopic (exact) mass is 263 g/mol. The molecule has 0 saturated heterocycles. The zero-order valence-corrected chi connectivity index (χ0v) is 10.3. The number of benzene rings is 1. The molecule has 0 radical (unpaired) electrons. The Morgan fingerprint density at radius 3 is 2.78 bits per heavy atom. The van der Waals surface area contributed by atoms with E-state index in [9.17, 15) is 4.79 Å². The maximum absolute atomic E-state index is 11.0. The molecule has 92 valence electrons. The van der Waals surface area contributed by atoms with Crippen molar-refractivity contribution in [2.75, 3.05) is 0 Å². The van der Waals surface area contributed by atoms with Gasteiger partial charge in [0.25, 0.3) is 0 Å². The maximum atomic E-state index is 11.0. The normalized spacial score (nSPS) is 10.1. The van der Waals surface area contributed by atoms with Crippen LogP contribution in [-0.4, -0.2) is 16.1 Å². The Morgan fingerprint density at radius 1 is 1.33 bits per heavy atom. The summed E-state index contributed by atoms with van der Waals surface area (Å²) >= 11 is 5.83. The molecule has 1 N–H and O–H groups in total. The fraction of sp³-hybridized carbons (Fsp3) is 0.0769. The minimum absolute atomic E-state index is 0.0144. The van der Waals surface area contributed by atoms with Gasteiger partial charge in [0.15, 0.2) is 0 Å². The Bertz CT molecular complexity index is 599. The smallest absolute Gasteiger partial charge is 0.341 e. The second kappa shape index (κ2) is 5.06. The molecule has 0 spiro atoms. The van der Waals surface area contributed by atoms with Gasteiger partial charge in [0.05, 0.1) is 0 Å². The second-order valence-corrected chi connectivity index (χ2v) is 4.11. The van der Waals surface area contributed by atoms with Crippen molar-refractivity contribution < 1.29 is 14.6 Å². The number of aromatic nitrogens is 1. The van der Waals surface area contributed by atoms with Gasteiger partial charge in [0, 0.05) is 10.7 Å². The van der Waals surface area contributed by atoms with Crippen LogP contribution in [0.4, 0.5) is 0 Å². The molecule has 5 heteroatoms. The average Bonchev–Trinajstić information content (AvgIpc) is 2.28. The number of carboxylic acid groups (broad SMARTS) is 1. The number of hydrogen-bond donors (Lipinski definition) is 1. The van der Waals surface area contributed by atoms with E-state index in [1.54, 1.807) is 37.3 Å². The summed E-state index contributed by atoms with van der Waals surface area (Å²) in [6, 6.07) is 9.78. The lowest BCUT2D eigenvalue weighted by Crippen LogP contribution is -2.02. The van der Waals surface area contributed by atoms with Crippen molar-refractivity contribution in [3.8, 4) is 11.6 Å². The van der Waals surface area contributed by atoms with E-state index in [2.05, 4.69) is 4.98 Å². The van der Waals surface area contributed by atoms with Crippen LogP contribution in [0.1, 0.15) is 16.1 Å². The van der Waals surface area contributed by atoms with Crippen LogP contribution in [0.2, 0.25) is 5.02 Å². The lowest BCUT2D eigenvalue weighted by molar-refractivity contribution is 0.0693. The summed E-state index contributed by atoms with van der Waals surface area (Å²) in [6.45, 7) is 1.76. The van der Waals surface area contributed by atoms with Gasteiger partial charge >= 0.3 is 5.97 Å². The second-order valence-electron chi connectivity index (χ2n) is 3.67. The predicted molar refractivity (Wildman–Crippen MR) is 67.5 cm³/mol. The van der Waals surface area contributed by atoms with E-state index in [1.165, 1.54) is 6.07 Å². The summed E-state index contributed by atoms with van der Waals surface area (Å²) in [5.74, 6) is -0.576. The lowest BCUT2D eigenvalue weighted by atomic mass is 10.2. The van der Waals surface area contributed by atoms with Crippen LogP contribution in [0.5, 0.6) is 11.6 Å². The van der Waals surface area contributed by atoms with E-state index in [4.69, 9.17) is 21.4 Å². The van der Waals surface area contributed by atoms with Crippen molar-refractivity contribution in [1.29, 1.82) is 0 Å². The third-order valence-corrected chi connectivity index (χ3v) is 2.48. The minimum atomic E-state index is -1.08. The number of carboxylic acids is 1. The number of ether oxygens (including phenoxy) is 1. The van der Waals surface area contributed by atoms with Crippen molar-refractivity contribution in [2.45, 2.75) is 6.92 Å². The largest absolute Gasteiger partial charge is 0.477 e.